The molecule has 5 heteroatoms. The number of carbonyl (C=O) groups is 2. The molecule has 0 saturated carbocycles. The summed E-state index contributed by atoms with van der Waals surface area (Å²) in [6.07, 6.45) is 0.462. The molecule has 0 atom stereocenters. The van der Waals surface area contributed by atoms with Crippen molar-refractivity contribution in [3.05, 3.63) is 60.2 Å². The van der Waals surface area contributed by atoms with Crippen molar-refractivity contribution in [3.63, 3.8) is 0 Å². The number of nitrogens with one attached hydrogen (secondary N) is 1. The Labute approximate surface area is 138 Å². The van der Waals surface area contributed by atoms with Crippen molar-refractivity contribution in [1.29, 1.82) is 0 Å². The predicted octanol–water partition coefficient (Wildman–Crippen LogP) is 3.69. The van der Waals surface area contributed by atoms with Gasteiger partial charge in [0.2, 0.25) is 0 Å². The Kier molecular flexibility index (Phi) is 4.61. The molecule has 0 radical (unpaired) electrons. The zero-order valence-corrected chi connectivity index (χ0v) is 13.0. The average Bonchev–Trinajstić information content (AvgIpc) is 3.02. The van der Waals surface area contributed by atoms with Crippen LogP contribution in [0.5, 0.6) is 0 Å². The number of carboxylic acid groups (broad SMARTS) is 1. The van der Waals surface area contributed by atoms with Crippen LogP contribution in [0.15, 0.2) is 59.0 Å². The van der Waals surface area contributed by atoms with Gasteiger partial charge in [0.05, 0.1) is 0 Å². The maximum Gasteiger partial charge on any atom is 0.303 e. The Hall–Kier alpha value is -3.08. The third kappa shape index (κ3) is 3.63. The van der Waals surface area contributed by atoms with Gasteiger partial charge in [-0.3, -0.25) is 9.59 Å². The Morgan fingerprint density at radius 1 is 1.04 bits per heavy atom. The average molecular weight is 323 g/mol. The molecule has 3 aromatic rings. The number of fused-ring (bicyclic) bond motifs is 1. The highest BCUT2D eigenvalue weighted by Gasteiger charge is 2.09. The lowest BCUT2D eigenvalue weighted by Gasteiger charge is -2.05. The second-order valence-corrected chi connectivity index (χ2v) is 5.48. The minimum Gasteiger partial charge on any atom is -0.481 e. The molecule has 0 spiro atoms. The summed E-state index contributed by atoms with van der Waals surface area (Å²) in [5.74, 6) is -0.319. The standard InChI is InChI=1S/C19H17NO4/c21-18(22)6-3-11-20-19(23)14-9-7-13(8-10-14)17-12-15-4-1-2-5-16(15)24-17/h1-2,4-5,7-10,12H,3,6,11H2,(H,20,23)(H,21,22). The molecule has 0 aliphatic carbocycles. The molecule has 0 bridgehead atoms. The van der Waals surface area contributed by atoms with Crippen LogP contribution in [0, 0.1) is 0 Å². The van der Waals surface area contributed by atoms with Gasteiger partial charge in [-0.1, -0.05) is 30.3 Å². The van der Waals surface area contributed by atoms with Gasteiger partial charge in [0.25, 0.3) is 5.91 Å². The minimum atomic E-state index is -0.862. The van der Waals surface area contributed by atoms with Crippen LogP contribution in [0.4, 0.5) is 0 Å². The number of hydrogen-bond acceptors (Lipinski definition) is 3. The minimum absolute atomic E-state index is 0.0469. The lowest BCUT2D eigenvalue weighted by atomic mass is 10.1. The number of aliphatic carboxylic acids is 1. The Morgan fingerprint density at radius 3 is 2.50 bits per heavy atom. The molecule has 0 aliphatic heterocycles. The molecule has 122 valence electrons. The normalized spacial score (nSPS) is 10.7. The van der Waals surface area contributed by atoms with E-state index in [1.807, 2.05) is 42.5 Å². The summed E-state index contributed by atoms with van der Waals surface area (Å²) in [5.41, 5.74) is 2.26. The van der Waals surface area contributed by atoms with Gasteiger partial charge in [0.15, 0.2) is 0 Å². The monoisotopic (exact) mass is 323 g/mol. The van der Waals surface area contributed by atoms with E-state index in [1.54, 1.807) is 12.1 Å². The predicted molar refractivity (Wildman–Crippen MR) is 90.9 cm³/mol. The Bertz CT molecular complexity index is 831. The molecule has 1 amide bonds. The molecule has 0 unspecified atom stereocenters. The van der Waals surface area contributed by atoms with Crippen LogP contribution in [0.2, 0.25) is 0 Å². The van der Waals surface area contributed by atoms with Gasteiger partial charge >= 0.3 is 5.97 Å². The van der Waals surface area contributed by atoms with Crippen LogP contribution >= 0.6 is 0 Å². The first kappa shape index (κ1) is 15.8. The first-order chi connectivity index (χ1) is 11.6. The van der Waals surface area contributed by atoms with Crippen LogP contribution in [0.3, 0.4) is 0 Å². The Balaban J connectivity index is 1.66. The number of para-hydroxylation sites is 1. The third-order valence-electron chi connectivity index (χ3n) is 3.71. The van der Waals surface area contributed by atoms with Gasteiger partial charge in [0.1, 0.15) is 11.3 Å². The molecule has 0 fully saturated rings. The Morgan fingerprint density at radius 2 is 1.79 bits per heavy atom. The molecule has 2 aromatic carbocycles. The fraction of sp³-hybridized carbons (Fsp3) is 0.158. The summed E-state index contributed by atoms with van der Waals surface area (Å²) in [5, 5.41) is 12.3. The van der Waals surface area contributed by atoms with E-state index in [0.717, 1.165) is 22.3 Å². The van der Waals surface area contributed by atoms with E-state index in [-0.39, 0.29) is 12.3 Å². The van der Waals surface area contributed by atoms with E-state index in [9.17, 15) is 9.59 Å². The summed E-state index contributed by atoms with van der Waals surface area (Å²) >= 11 is 0. The third-order valence-corrected chi connectivity index (χ3v) is 3.71. The first-order valence-electron chi connectivity index (χ1n) is 7.72. The van der Waals surface area contributed by atoms with Crippen molar-refractivity contribution in [2.45, 2.75) is 12.8 Å². The van der Waals surface area contributed by atoms with E-state index >= 15 is 0 Å². The SMILES string of the molecule is O=C(O)CCCNC(=O)c1ccc(-c2cc3ccccc3o2)cc1. The molecule has 24 heavy (non-hydrogen) atoms. The quantitative estimate of drug-likeness (QED) is 0.678. The highest BCUT2D eigenvalue weighted by atomic mass is 16.4. The van der Waals surface area contributed by atoms with Crippen molar-refractivity contribution in [2.75, 3.05) is 6.54 Å². The number of amides is 1. The van der Waals surface area contributed by atoms with Gasteiger partial charge < -0.3 is 14.8 Å². The van der Waals surface area contributed by atoms with Crippen LogP contribution < -0.4 is 5.32 Å². The van der Waals surface area contributed by atoms with Gasteiger partial charge in [0, 0.05) is 29.5 Å². The van der Waals surface area contributed by atoms with Crippen molar-refractivity contribution < 1.29 is 19.1 Å². The fourth-order valence-corrected chi connectivity index (χ4v) is 2.45. The zero-order chi connectivity index (χ0) is 16.9. The summed E-state index contributed by atoms with van der Waals surface area (Å²) in [6, 6.07) is 16.9. The van der Waals surface area contributed by atoms with E-state index in [1.165, 1.54) is 0 Å². The fourth-order valence-electron chi connectivity index (χ4n) is 2.45. The lowest BCUT2D eigenvalue weighted by Crippen LogP contribution is -2.24. The zero-order valence-electron chi connectivity index (χ0n) is 13.0. The van der Waals surface area contributed by atoms with E-state index in [0.29, 0.717) is 18.5 Å². The number of hydrogen-bond donors (Lipinski definition) is 2. The number of furan rings is 1. The van der Waals surface area contributed by atoms with Crippen molar-refractivity contribution in [3.8, 4) is 11.3 Å². The highest BCUT2D eigenvalue weighted by molar-refractivity contribution is 5.94. The molecule has 5 nitrogen and oxygen atoms in total. The first-order valence-corrected chi connectivity index (χ1v) is 7.72. The topological polar surface area (TPSA) is 79.5 Å². The maximum atomic E-state index is 12.0. The number of rotatable bonds is 6. The van der Waals surface area contributed by atoms with E-state index in [4.69, 9.17) is 9.52 Å². The lowest BCUT2D eigenvalue weighted by molar-refractivity contribution is -0.137. The molecule has 0 aliphatic rings. The maximum absolute atomic E-state index is 12.0. The van der Waals surface area contributed by atoms with Crippen LogP contribution in [-0.4, -0.2) is 23.5 Å². The van der Waals surface area contributed by atoms with Crippen molar-refractivity contribution in [2.24, 2.45) is 0 Å². The second kappa shape index (κ2) is 7.00. The van der Waals surface area contributed by atoms with Gasteiger partial charge in [-0.15, -0.1) is 0 Å². The summed E-state index contributed by atoms with van der Waals surface area (Å²) in [4.78, 5) is 22.4. The molecular weight excluding hydrogens is 306 g/mol. The highest BCUT2D eigenvalue weighted by Crippen LogP contribution is 2.27. The smallest absolute Gasteiger partial charge is 0.303 e. The molecular formula is C19H17NO4. The van der Waals surface area contributed by atoms with E-state index < -0.39 is 5.97 Å². The number of benzene rings is 2. The van der Waals surface area contributed by atoms with Crippen LogP contribution in [0.25, 0.3) is 22.3 Å². The summed E-state index contributed by atoms with van der Waals surface area (Å²) in [7, 11) is 0. The van der Waals surface area contributed by atoms with Crippen LogP contribution in [0.1, 0.15) is 23.2 Å². The van der Waals surface area contributed by atoms with E-state index in [2.05, 4.69) is 5.32 Å². The van der Waals surface area contributed by atoms with Gasteiger partial charge in [-0.05, 0) is 30.7 Å². The van der Waals surface area contributed by atoms with Gasteiger partial charge in [-0.25, -0.2) is 0 Å². The summed E-state index contributed by atoms with van der Waals surface area (Å²) in [6.45, 7) is 0.344. The van der Waals surface area contributed by atoms with Crippen molar-refractivity contribution >= 4 is 22.8 Å². The molecule has 2 N–H and O–H groups in total. The molecule has 3 rings (SSSR count). The van der Waals surface area contributed by atoms with Crippen molar-refractivity contribution in [1.82, 2.24) is 5.32 Å². The summed E-state index contributed by atoms with van der Waals surface area (Å²) < 4.78 is 5.80. The molecule has 1 heterocycles. The largest absolute Gasteiger partial charge is 0.481 e. The molecule has 0 saturated heterocycles. The van der Waals surface area contributed by atoms with Gasteiger partial charge in [-0.2, -0.15) is 0 Å². The number of carbonyl (C=O) groups excluding carboxylic acids is 1. The van der Waals surface area contributed by atoms with Crippen LogP contribution in [-0.2, 0) is 4.79 Å². The second-order valence-electron chi connectivity index (χ2n) is 5.48. The molecule has 1 aromatic heterocycles. The number of carboxylic acids is 1.